The van der Waals surface area contributed by atoms with Crippen LogP contribution in [0.5, 0.6) is 0 Å². The second-order valence-corrected chi connectivity index (χ2v) is 4.76. The second-order valence-electron chi connectivity index (χ2n) is 4.76. The Kier molecular flexibility index (Phi) is 5.29. The minimum Gasteiger partial charge on any atom is -0.477 e. The van der Waals surface area contributed by atoms with Gasteiger partial charge in [0.05, 0.1) is 6.54 Å². The van der Waals surface area contributed by atoms with E-state index in [1.165, 1.54) is 12.3 Å². The normalized spacial score (nSPS) is 10.3. The molecule has 0 aliphatic rings. The summed E-state index contributed by atoms with van der Waals surface area (Å²) in [4.78, 5) is 27.9. The van der Waals surface area contributed by atoms with Crippen LogP contribution in [0.3, 0.4) is 0 Å². The van der Waals surface area contributed by atoms with Gasteiger partial charge in [-0.2, -0.15) is 0 Å². The molecule has 1 aromatic rings. The first-order valence-corrected chi connectivity index (χ1v) is 6.07. The highest BCUT2D eigenvalue weighted by Gasteiger charge is 2.10. The molecule has 0 saturated carbocycles. The average Bonchev–Trinajstić information content (AvgIpc) is 2.36. The van der Waals surface area contributed by atoms with Crippen LogP contribution in [0.2, 0.25) is 0 Å². The van der Waals surface area contributed by atoms with Crippen LogP contribution in [0, 0.1) is 5.92 Å². The van der Waals surface area contributed by atoms with Gasteiger partial charge in [-0.05, 0) is 18.1 Å². The van der Waals surface area contributed by atoms with Crippen molar-refractivity contribution in [3.8, 4) is 0 Å². The van der Waals surface area contributed by atoms with Crippen molar-refractivity contribution in [2.75, 3.05) is 25.0 Å². The number of aromatic carboxylic acids is 1. The van der Waals surface area contributed by atoms with Crippen LogP contribution in [0.25, 0.3) is 0 Å². The van der Waals surface area contributed by atoms with Crippen molar-refractivity contribution in [2.24, 2.45) is 5.92 Å². The summed E-state index contributed by atoms with van der Waals surface area (Å²) in [5, 5.41) is 11.7. The number of aromatic nitrogens is 1. The summed E-state index contributed by atoms with van der Waals surface area (Å²) in [6.45, 7) is 4.84. The third-order valence-electron chi connectivity index (χ3n) is 2.49. The van der Waals surface area contributed by atoms with Crippen LogP contribution in [0.1, 0.15) is 24.3 Å². The van der Waals surface area contributed by atoms with Crippen LogP contribution in [0.4, 0.5) is 5.69 Å². The van der Waals surface area contributed by atoms with Gasteiger partial charge in [-0.3, -0.25) is 4.79 Å². The molecule has 0 fully saturated rings. The number of hydrogen-bond acceptors (Lipinski definition) is 4. The molecule has 1 aromatic heterocycles. The molecule has 104 valence electrons. The predicted molar refractivity (Wildman–Crippen MR) is 72.3 cm³/mol. The van der Waals surface area contributed by atoms with Gasteiger partial charge in [-0.15, -0.1) is 0 Å². The summed E-state index contributed by atoms with van der Waals surface area (Å²) in [5.41, 5.74) is 0.610. The maximum Gasteiger partial charge on any atom is 0.354 e. The Morgan fingerprint density at radius 1 is 1.47 bits per heavy atom. The zero-order chi connectivity index (χ0) is 14.4. The molecule has 6 heteroatoms. The van der Waals surface area contributed by atoms with E-state index in [1.807, 2.05) is 13.8 Å². The SMILES string of the molecule is CC(C)CNC(=O)CN(C)c1ccnc(C(=O)O)c1. The highest BCUT2D eigenvalue weighted by atomic mass is 16.4. The monoisotopic (exact) mass is 265 g/mol. The van der Waals surface area contributed by atoms with E-state index in [0.29, 0.717) is 18.2 Å². The van der Waals surface area contributed by atoms with E-state index in [2.05, 4.69) is 10.3 Å². The van der Waals surface area contributed by atoms with E-state index >= 15 is 0 Å². The lowest BCUT2D eigenvalue weighted by Gasteiger charge is -2.19. The zero-order valence-electron chi connectivity index (χ0n) is 11.4. The number of carboxylic acids is 1. The fourth-order valence-electron chi connectivity index (χ4n) is 1.45. The van der Waals surface area contributed by atoms with Gasteiger partial charge in [0.2, 0.25) is 5.91 Å². The smallest absolute Gasteiger partial charge is 0.354 e. The number of nitrogens with one attached hydrogen (secondary N) is 1. The second kappa shape index (κ2) is 6.72. The Balaban J connectivity index is 2.62. The van der Waals surface area contributed by atoms with Gasteiger partial charge in [-0.1, -0.05) is 13.8 Å². The number of nitrogens with zero attached hydrogens (tertiary/aromatic N) is 2. The Labute approximate surface area is 112 Å². The number of amides is 1. The van der Waals surface area contributed by atoms with Crippen LogP contribution in [0.15, 0.2) is 18.3 Å². The first kappa shape index (κ1) is 14.9. The maximum absolute atomic E-state index is 11.7. The van der Waals surface area contributed by atoms with Crippen molar-refractivity contribution >= 4 is 17.6 Å². The Hall–Kier alpha value is -2.11. The highest BCUT2D eigenvalue weighted by Crippen LogP contribution is 2.12. The Bertz CT molecular complexity index is 460. The molecule has 0 radical (unpaired) electrons. The van der Waals surface area contributed by atoms with Crippen molar-refractivity contribution in [3.05, 3.63) is 24.0 Å². The molecule has 1 rings (SSSR count). The molecule has 0 bridgehead atoms. The molecule has 0 aromatic carbocycles. The third-order valence-corrected chi connectivity index (χ3v) is 2.49. The minimum absolute atomic E-state index is 0.0352. The standard InChI is InChI=1S/C13H19N3O3/c1-9(2)7-15-12(17)8-16(3)10-4-5-14-11(6-10)13(18)19/h4-6,9H,7-8H2,1-3H3,(H,15,17)(H,18,19). The Morgan fingerprint density at radius 2 is 2.16 bits per heavy atom. The summed E-state index contributed by atoms with van der Waals surface area (Å²) < 4.78 is 0. The van der Waals surface area contributed by atoms with E-state index in [0.717, 1.165) is 0 Å². The summed E-state index contributed by atoms with van der Waals surface area (Å²) in [6.07, 6.45) is 1.42. The van der Waals surface area contributed by atoms with E-state index < -0.39 is 5.97 Å². The van der Waals surface area contributed by atoms with E-state index in [1.54, 1.807) is 18.0 Å². The first-order chi connectivity index (χ1) is 8.90. The molecule has 6 nitrogen and oxygen atoms in total. The molecule has 0 atom stereocenters. The molecule has 0 saturated heterocycles. The highest BCUT2D eigenvalue weighted by molar-refractivity contribution is 5.87. The van der Waals surface area contributed by atoms with E-state index in [9.17, 15) is 9.59 Å². The van der Waals surface area contributed by atoms with Gasteiger partial charge in [0.25, 0.3) is 0 Å². The van der Waals surface area contributed by atoms with Crippen LogP contribution >= 0.6 is 0 Å². The minimum atomic E-state index is -1.08. The number of carbonyl (C=O) groups excluding carboxylic acids is 1. The van der Waals surface area contributed by atoms with Crippen molar-refractivity contribution < 1.29 is 14.7 Å². The molecule has 0 unspecified atom stereocenters. The topological polar surface area (TPSA) is 82.5 Å². The Morgan fingerprint density at radius 3 is 2.74 bits per heavy atom. The van der Waals surface area contributed by atoms with Crippen molar-refractivity contribution in [1.82, 2.24) is 10.3 Å². The molecular weight excluding hydrogens is 246 g/mol. The van der Waals surface area contributed by atoms with Gasteiger partial charge < -0.3 is 15.3 Å². The molecule has 0 aliphatic heterocycles. The number of pyridine rings is 1. The lowest BCUT2D eigenvalue weighted by Crippen LogP contribution is -2.36. The lowest BCUT2D eigenvalue weighted by atomic mass is 10.2. The number of rotatable bonds is 6. The number of likely N-dealkylation sites (N-methyl/N-ethyl adjacent to an activating group) is 1. The number of carboxylic acid groups (broad SMARTS) is 1. The van der Waals surface area contributed by atoms with E-state index in [4.69, 9.17) is 5.11 Å². The summed E-state index contributed by atoms with van der Waals surface area (Å²) in [7, 11) is 1.73. The average molecular weight is 265 g/mol. The molecule has 19 heavy (non-hydrogen) atoms. The number of anilines is 1. The fraction of sp³-hybridized carbons (Fsp3) is 0.462. The van der Waals surface area contributed by atoms with E-state index in [-0.39, 0.29) is 18.1 Å². The summed E-state index contributed by atoms with van der Waals surface area (Å²) >= 11 is 0. The molecule has 1 heterocycles. The molecule has 0 aliphatic carbocycles. The number of hydrogen-bond donors (Lipinski definition) is 2. The van der Waals surface area contributed by atoms with Crippen molar-refractivity contribution in [2.45, 2.75) is 13.8 Å². The lowest BCUT2D eigenvalue weighted by molar-refractivity contribution is -0.119. The van der Waals surface area contributed by atoms with Crippen LogP contribution in [-0.4, -0.2) is 42.1 Å². The quantitative estimate of drug-likeness (QED) is 0.801. The van der Waals surface area contributed by atoms with Gasteiger partial charge in [0, 0.05) is 25.5 Å². The van der Waals surface area contributed by atoms with Gasteiger partial charge in [-0.25, -0.2) is 9.78 Å². The number of carbonyl (C=O) groups is 2. The van der Waals surface area contributed by atoms with Crippen LogP contribution in [-0.2, 0) is 4.79 Å². The van der Waals surface area contributed by atoms with Crippen molar-refractivity contribution in [3.63, 3.8) is 0 Å². The molecule has 0 spiro atoms. The summed E-state index contributed by atoms with van der Waals surface area (Å²) in [5.74, 6) is -0.779. The molecule has 2 N–H and O–H groups in total. The van der Waals surface area contributed by atoms with Crippen molar-refractivity contribution in [1.29, 1.82) is 0 Å². The summed E-state index contributed by atoms with van der Waals surface area (Å²) in [6, 6.07) is 3.11. The largest absolute Gasteiger partial charge is 0.477 e. The third kappa shape index (κ3) is 4.95. The fourth-order valence-corrected chi connectivity index (χ4v) is 1.45. The predicted octanol–water partition coefficient (Wildman–Crippen LogP) is 0.988. The molecular formula is C13H19N3O3. The van der Waals surface area contributed by atoms with Gasteiger partial charge >= 0.3 is 5.97 Å². The molecule has 1 amide bonds. The van der Waals surface area contributed by atoms with Crippen LogP contribution < -0.4 is 10.2 Å². The first-order valence-electron chi connectivity index (χ1n) is 6.07. The maximum atomic E-state index is 11.7. The van der Waals surface area contributed by atoms with Gasteiger partial charge in [0.1, 0.15) is 5.69 Å². The van der Waals surface area contributed by atoms with Gasteiger partial charge in [0.15, 0.2) is 0 Å². The zero-order valence-corrected chi connectivity index (χ0v) is 11.4.